The molecule has 1 saturated carbocycles. The molecular formula is C30H38N6O4. The third-order valence-corrected chi connectivity index (χ3v) is 7.45. The highest BCUT2D eigenvalue weighted by Crippen LogP contribution is 2.46. The number of nitrogen functional groups attached to an aromatic ring is 1. The molecule has 40 heavy (non-hydrogen) atoms. The molecule has 2 heterocycles. The van der Waals surface area contributed by atoms with Gasteiger partial charge in [-0.15, -0.1) is 0 Å². The average Bonchev–Trinajstić information content (AvgIpc) is 3.68. The molecule has 2 fully saturated rings. The molecule has 1 aromatic heterocycles. The molecule has 10 heteroatoms. The fourth-order valence-electron chi connectivity index (χ4n) is 5.27. The monoisotopic (exact) mass is 546 g/mol. The van der Waals surface area contributed by atoms with Gasteiger partial charge in [0.2, 0.25) is 0 Å². The maximum absolute atomic E-state index is 12.9. The second kappa shape index (κ2) is 10.6. The highest BCUT2D eigenvalue weighted by atomic mass is 16.7. The van der Waals surface area contributed by atoms with Crippen molar-refractivity contribution in [3.8, 4) is 17.1 Å². The van der Waals surface area contributed by atoms with Crippen molar-refractivity contribution in [2.75, 3.05) is 51.2 Å². The maximum atomic E-state index is 12.9. The summed E-state index contributed by atoms with van der Waals surface area (Å²) in [7, 11) is 3.28. The van der Waals surface area contributed by atoms with Crippen molar-refractivity contribution in [1.82, 2.24) is 14.9 Å². The number of aromatic nitrogens is 2. The summed E-state index contributed by atoms with van der Waals surface area (Å²) in [5, 5.41) is 0.933. The van der Waals surface area contributed by atoms with Gasteiger partial charge in [0.15, 0.2) is 12.6 Å². The first kappa shape index (κ1) is 27.6. The summed E-state index contributed by atoms with van der Waals surface area (Å²) in [4.78, 5) is 30.9. The number of hydrogen-bond acceptors (Lipinski definition) is 9. The normalized spacial score (nSPS) is 16.6. The number of amides is 1. The van der Waals surface area contributed by atoms with Crippen molar-refractivity contribution in [3.63, 3.8) is 0 Å². The Morgan fingerprint density at radius 2 is 2.00 bits per heavy atom. The van der Waals surface area contributed by atoms with Crippen LogP contribution in [0.2, 0.25) is 0 Å². The first-order chi connectivity index (χ1) is 19.0. The second-order valence-electron chi connectivity index (χ2n) is 11.5. The van der Waals surface area contributed by atoms with E-state index in [2.05, 4.69) is 22.0 Å². The van der Waals surface area contributed by atoms with Crippen LogP contribution in [0, 0.1) is 6.92 Å². The largest absolute Gasteiger partial charge is 0.466 e. The van der Waals surface area contributed by atoms with Gasteiger partial charge < -0.3 is 24.8 Å². The van der Waals surface area contributed by atoms with Gasteiger partial charge in [0.1, 0.15) is 11.4 Å². The second-order valence-corrected chi connectivity index (χ2v) is 11.5. The lowest BCUT2D eigenvalue weighted by Gasteiger charge is -2.43. The number of nitrogens with zero attached hydrogens (tertiary/aromatic N) is 5. The molecule has 0 atom stereocenters. The fraction of sp³-hybridized carbons (Fsp3) is 0.467. The molecule has 1 spiro atoms. The molecular weight excluding hydrogens is 508 g/mol. The lowest BCUT2D eigenvalue weighted by Crippen LogP contribution is -2.58. The van der Waals surface area contributed by atoms with Gasteiger partial charge in [-0.2, -0.15) is 0 Å². The molecule has 0 unspecified atom stereocenters. The highest BCUT2D eigenvalue weighted by molar-refractivity contribution is 5.93. The Labute approximate surface area is 235 Å². The van der Waals surface area contributed by atoms with Crippen LogP contribution in [0.25, 0.3) is 22.3 Å². The van der Waals surface area contributed by atoms with Gasteiger partial charge >= 0.3 is 6.09 Å². The number of nitrogens with two attached hydrogens (primary N) is 1. The summed E-state index contributed by atoms with van der Waals surface area (Å²) in [6.45, 7) is 9.85. The van der Waals surface area contributed by atoms with Crippen molar-refractivity contribution in [1.29, 1.82) is 0 Å². The van der Waals surface area contributed by atoms with Crippen molar-refractivity contribution >= 4 is 34.6 Å². The number of benzene rings is 2. The molecule has 0 radical (unpaired) electrons. The predicted octanol–water partition coefficient (Wildman–Crippen LogP) is 4.81. The zero-order chi connectivity index (χ0) is 28.7. The zero-order valence-electron chi connectivity index (χ0n) is 24.2. The molecule has 3 aromatic rings. The van der Waals surface area contributed by atoms with Gasteiger partial charge in [0.25, 0.3) is 0 Å². The number of fused-ring (bicyclic) bond motifs is 1. The summed E-state index contributed by atoms with van der Waals surface area (Å²) < 4.78 is 16.7. The van der Waals surface area contributed by atoms with Crippen LogP contribution in [0.1, 0.15) is 44.7 Å². The van der Waals surface area contributed by atoms with Crippen molar-refractivity contribution < 1.29 is 19.0 Å². The molecule has 1 amide bonds. The standard InChI is InChI=1S/C30H38N6O4/c1-19-25(31)21(15-32-5)14-23(26(19)39-18-38-6)27-33-16-20-13-22(7-8-24(20)34-27)35-11-12-36(30(17-35)9-10-30)28(37)40-29(2,3)4/h7-8,13-16H,9-12,17-18,31H2,1-6H3. The van der Waals surface area contributed by atoms with Gasteiger partial charge in [-0.1, -0.05) is 0 Å². The van der Waals surface area contributed by atoms with Crippen LogP contribution in [-0.4, -0.2) is 78.9 Å². The van der Waals surface area contributed by atoms with Crippen LogP contribution in [0.4, 0.5) is 16.2 Å². The SMILES string of the molecule is CN=Cc1cc(-c2ncc3cc(N4CCN(C(=O)OC(C)(C)C)C5(CC5)C4)ccc3n2)c(OCOC)c(C)c1N. The first-order valence-electron chi connectivity index (χ1n) is 13.5. The fourth-order valence-corrected chi connectivity index (χ4v) is 5.27. The number of ether oxygens (including phenoxy) is 3. The van der Waals surface area contributed by atoms with E-state index in [0.29, 0.717) is 23.8 Å². The molecule has 5 rings (SSSR count). The van der Waals surface area contributed by atoms with Gasteiger partial charge in [-0.3, -0.25) is 9.89 Å². The van der Waals surface area contributed by atoms with Gasteiger partial charge in [0, 0.05) is 74.1 Å². The van der Waals surface area contributed by atoms with Crippen LogP contribution in [0.3, 0.4) is 0 Å². The Hall–Kier alpha value is -3.92. The smallest absolute Gasteiger partial charge is 0.410 e. The Bertz CT molecular complexity index is 1460. The van der Waals surface area contributed by atoms with Crippen LogP contribution in [-0.2, 0) is 9.47 Å². The number of anilines is 2. The van der Waals surface area contributed by atoms with E-state index in [1.54, 1.807) is 20.4 Å². The number of piperazine rings is 1. The van der Waals surface area contributed by atoms with E-state index in [1.807, 2.05) is 50.9 Å². The highest BCUT2D eigenvalue weighted by Gasteiger charge is 2.54. The molecule has 212 valence electrons. The van der Waals surface area contributed by atoms with Crippen molar-refractivity contribution in [2.24, 2.45) is 4.99 Å². The van der Waals surface area contributed by atoms with E-state index in [0.717, 1.165) is 59.2 Å². The van der Waals surface area contributed by atoms with Crippen molar-refractivity contribution in [2.45, 2.75) is 51.7 Å². The van der Waals surface area contributed by atoms with E-state index < -0.39 is 5.60 Å². The van der Waals surface area contributed by atoms with E-state index in [9.17, 15) is 4.79 Å². The maximum Gasteiger partial charge on any atom is 0.410 e. The third-order valence-electron chi connectivity index (χ3n) is 7.45. The number of carbonyl (C=O) groups is 1. The number of carbonyl (C=O) groups excluding carboxylic acids is 1. The Morgan fingerprint density at radius 1 is 1.23 bits per heavy atom. The van der Waals surface area contributed by atoms with Crippen LogP contribution < -0.4 is 15.4 Å². The van der Waals surface area contributed by atoms with E-state index in [-0.39, 0.29) is 18.4 Å². The number of aliphatic imine (C=N–C) groups is 1. The molecule has 1 aliphatic carbocycles. The Kier molecular flexibility index (Phi) is 7.31. The molecule has 2 N–H and O–H groups in total. The quantitative estimate of drug-likeness (QED) is 0.266. The van der Waals surface area contributed by atoms with Gasteiger partial charge in [-0.05, 0) is 64.8 Å². The summed E-state index contributed by atoms with van der Waals surface area (Å²) in [6, 6.07) is 8.12. The molecule has 1 aliphatic heterocycles. The minimum absolute atomic E-state index is 0.0775. The third kappa shape index (κ3) is 5.40. The predicted molar refractivity (Wildman–Crippen MR) is 157 cm³/mol. The van der Waals surface area contributed by atoms with Crippen LogP contribution in [0.5, 0.6) is 5.75 Å². The van der Waals surface area contributed by atoms with E-state index in [4.69, 9.17) is 29.9 Å². The minimum Gasteiger partial charge on any atom is -0.466 e. The molecule has 0 bridgehead atoms. The minimum atomic E-state index is -0.506. The number of rotatable bonds is 6. The first-order valence-corrected chi connectivity index (χ1v) is 13.5. The lowest BCUT2D eigenvalue weighted by atomic mass is 10.0. The molecule has 10 nitrogen and oxygen atoms in total. The van der Waals surface area contributed by atoms with E-state index >= 15 is 0 Å². The lowest BCUT2D eigenvalue weighted by molar-refractivity contribution is 0.0106. The molecule has 1 saturated heterocycles. The summed E-state index contributed by atoms with van der Waals surface area (Å²) in [6.07, 6.45) is 5.31. The summed E-state index contributed by atoms with van der Waals surface area (Å²) in [5.41, 5.74) is 10.5. The number of methoxy groups -OCH3 is 1. The molecule has 2 aromatic carbocycles. The Morgan fingerprint density at radius 3 is 2.67 bits per heavy atom. The zero-order valence-corrected chi connectivity index (χ0v) is 24.2. The number of hydrogen-bond donors (Lipinski definition) is 1. The summed E-state index contributed by atoms with van der Waals surface area (Å²) in [5.74, 6) is 1.12. The Balaban J connectivity index is 1.42. The van der Waals surface area contributed by atoms with Crippen molar-refractivity contribution in [3.05, 3.63) is 41.6 Å². The molecule has 2 aliphatic rings. The summed E-state index contributed by atoms with van der Waals surface area (Å²) >= 11 is 0. The average molecular weight is 547 g/mol. The topological polar surface area (TPSA) is 115 Å². The van der Waals surface area contributed by atoms with Crippen LogP contribution in [0.15, 0.2) is 35.5 Å². The van der Waals surface area contributed by atoms with Gasteiger partial charge in [0.05, 0.1) is 16.6 Å². The van der Waals surface area contributed by atoms with Crippen LogP contribution >= 0.6 is 0 Å². The van der Waals surface area contributed by atoms with Gasteiger partial charge in [-0.25, -0.2) is 14.8 Å². The van der Waals surface area contributed by atoms with E-state index in [1.165, 1.54) is 0 Å².